The molecule has 9 heteroatoms. The van der Waals surface area contributed by atoms with Crippen molar-refractivity contribution in [1.29, 1.82) is 0 Å². The average Bonchev–Trinajstić information content (AvgIpc) is 3.21. The summed E-state index contributed by atoms with van der Waals surface area (Å²) in [6.45, 7) is 6.89. The molecule has 6 nitrogen and oxygen atoms in total. The third-order valence-electron chi connectivity index (χ3n) is 5.92. The fourth-order valence-electron chi connectivity index (χ4n) is 4.55. The van der Waals surface area contributed by atoms with Gasteiger partial charge >= 0.3 is 0 Å². The quantitative estimate of drug-likeness (QED) is 0.649. The van der Waals surface area contributed by atoms with Gasteiger partial charge in [-0.1, -0.05) is 18.5 Å². The summed E-state index contributed by atoms with van der Waals surface area (Å²) < 4.78 is 33.8. The van der Waals surface area contributed by atoms with Gasteiger partial charge in [-0.2, -0.15) is 4.31 Å². The lowest BCUT2D eigenvalue weighted by Crippen LogP contribution is -2.48. The molecule has 4 rings (SSSR count). The van der Waals surface area contributed by atoms with Crippen LogP contribution in [0, 0.1) is 0 Å². The van der Waals surface area contributed by atoms with E-state index in [-0.39, 0.29) is 47.2 Å². The number of hydrogen-bond donors (Lipinski definition) is 0. The Labute approximate surface area is 192 Å². The van der Waals surface area contributed by atoms with Gasteiger partial charge in [0.25, 0.3) is 5.91 Å². The van der Waals surface area contributed by atoms with Crippen LogP contribution in [0.15, 0.2) is 34.5 Å². The highest BCUT2D eigenvalue weighted by Gasteiger charge is 2.35. The van der Waals surface area contributed by atoms with Crippen molar-refractivity contribution in [3.63, 3.8) is 0 Å². The molecular formula is C22H27ClN2O4S2. The molecule has 0 radical (unpaired) electrons. The topological polar surface area (TPSA) is 66.9 Å². The van der Waals surface area contributed by atoms with Crippen molar-refractivity contribution in [2.24, 2.45) is 0 Å². The number of nitrogens with zero attached hydrogens (tertiary/aromatic N) is 2. The van der Waals surface area contributed by atoms with Gasteiger partial charge in [0.15, 0.2) is 0 Å². The number of benzene rings is 1. The Bertz CT molecular complexity index is 1070. The number of carbonyl (C=O) groups is 1. The minimum Gasteiger partial charge on any atom is -0.373 e. The molecule has 2 aromatic rings. The number of ether oxygens (including phenoxy) is 1. The molecule has 2 aliphatic heterocycles. The number of carbonyl (C=O) groups excluding carboxylic acids is 1. The zero-order chi connectivity index (χ0) is 22.3. The molecule has 168 valence electrons. The van der Waals surface area contributed by atoms with Gasteiger partial charge in [0.05, 0.1) is 23.3 Å². The van der Waals surface area contributed by atoms with E-state index >= 15 is 0 Å². The maximum Gasteiger partial charge on any atom is 0.254 e. The molecule has 3 atom stereocenters. The SMILES string of the molecule is CC[C@H]1c2ccsc2CCN1C(=O)c1ccc(Cl)c(S(=O)(=O)N2C[C@@H](C)O[C@@H](C)C2)c1. The molecule has 3 heterocycles. The van der Waals surface area contributed by atoms with E-state index in [2.05, 4.69) is 18.4 Å². The lowest BCUT2D eigenvalue weighted by molar-refractivity contribution is -0.0440. The lowest BCUT2D eigenvalue weighted by Gasteiger charge is -2.36. The molecule has 1 aromatic carbocycles. The first kappa shape index (κ1) is 22.7. The Hall–Kier alpha value is -1.45. The third kappa shape index (κ3) is 4.28. The van der Waals surface area contributed by atoms with Gasteiger partial charge in [0, 0.05) is 30.1 Å². The second-order valence-electron chi connectivity index (χ2n) is 8.20. The second kappa shape index (κ2) is 8.83. The molecule has 0 unspecified atom stereocenters. The van der Waals surface area contributed by atoms with Gasteiger partial charge in [-0.25, -0.2) is 8.42 Å². The van der Waals surface area contributed by atoms with Gasteiger partial charge in [0.2, 0.25) is 10.0 Å². The van der Waals surface area contributed by atoms with Crippen LogP contribution in [0.3, 0.4) is 0 Å². The average molecular weight is 483 g/mol. The summed E-state index contributed by atoms with van der Waals surface area (Å²) in [5, 5.41) is 2.19. The summed E-state index contributed by atoms with van der Waals surface area (Å²) >= 11 is 8.04. The highest BCUT2D eigenvalue weighted by atomic mass is 35.5. The normalized spacial score (nSPS) is 24.8. The first-order chi connectivity index (χ1) is 14.7. The van der Waals surface area contributed by atoms with Crippen LogP contribution >= 0.6 is 22.9 Å². The molecular weight excluding hydrogens is 456 g/mol. The molecule has 2 aliphatic rings. The van der Waals surface area contributed by atoms with E-state index in [0.29, 0.717) is 12.1 Å². The number of thiophene rings is 1. The van der Waals surface area contributed by atoms with Crippen molar-refractivity contribution in [1.82, 2.24) is 9.21 Å². The van der Waals surface area contributed by atoms with Gasteiger partial charge in [-0.15, -0.1) is 11.3 Å². The van der Waals surface area contributed by atoms with Crippen LogP contribution in [0.5, 0.6) is 0 Å². The molecule has 1 saturated heterocycles. The van der Waals surface area contributed by atoms with E-state index in [1.165, 1.54) is 26.9 Å². The summed E-state index contributed by atoms with van der Waals surface area (Å²) in [7, 11) is -3.85. The van der Waals surface area contributed by atoms with Crippen LogP contribution in [0.2, 0.25) is 5.02 Å². The Morgan fingerprint density at radius 3 is 2.61 bits per heavy atom. The monoisotopic (exact) mass is 482 g/mol. The Morgan fingerprint density at radius 2 is 1.94 bits per heavy atom. The number of amides is 1. The van der Waals surface area contributed by atoms with E-state index in [1.54, 1.807) is 17.4 Å². The zero-order valence-corrected chi connectivity index (χ0v) is 20.3. The van der Waals surface area contributed by atoms with E-state index in [4.69, 9.17) is 16.3 Å². The van der Waals surface area contributed by atoms with Crippen molar-refractivity contribution in [2.45, 2.75) is 56.8 Å². The Kier molecular flexibility index (Phi) is 6.47. The van der Waals surface area contributed by atoms with E-state index in [0.717, 1.165) is 12.8 Å². The smallest absolute Gasteiger partial charge is 0.254 e. The molecule has 1 aromatic heterocycles. The van der Waals surface area contributed by atoms with Gasteiger partial charge in [-0.3, -0.25) is 4.79 Å². The molecule has 31 heavy (non-hydrogen) atoms. The van der Waals surface area contributed by atoms with Crippen LogP contribution in [-0.2, 0) is 21.2 Å². The van der Waals surface area contributed by atoms with Crippen molar-refractivity contribution in [2.75, 3.05) is 19.6 Å². The fraction of sp³-hybridized carbons (Fsp3) is 0.500. The predicted molar refractivity (Wildman–Crippen MR) is 122 cm³/mol. The van der Waals surface area contributed by atoms with Crippen molar-refractivity contribution < 1.29 is 17.9 Å². The van der Waals surface area contributed by atoms with E-state index < -0.39 is 10.0 Å². The third-order valence-corrected chi connectivity index (χ3v) is 9.23. The summed E-state index contributed by atoms with van der Waals surface area (Å²) in [5.74, 6) is -0.166. The van der Waals surface area contributed by atoms with Crippen molar-refractivity contribution >= 4 is 38.9 Å². The molecule has 0 spiro atoms. The minimum atomic E-state index is -3.85. The number of rotatable bonds is 4. The van der Waals surface area contributed by atoms with Crippen LogP contribution < -0.4 is 0 Å². The fourth-order valence-corrected chi connectivity index (χ4v) is 7.56. The number of halogens is 1. The molecule has 0 saturated carbocycles. The lowest BCUT2D eigenvalue weighted by atomic mass is 9.97. The van der Waals surface area contributed by atoms with E-state index in [9.17, 15) is 13.2 Å². The summed E-state index contributed by atoms with van der Waals surface area (Å²) in [6, 6.07) is 6.64. The first-order valence-corrected chi connectivity index (χ1v) is 13.2. The number of morpholine rings is 1. The summed E-state index contributed by atoms with van der Waals surface area (Å²) in [6.07, 6.45) is 1.20. The highest BCUT2D eigenvalue weighted by molar-refractivity contribution is 7.89. The van der Waals surface area contributed by atoms with Gasteiger partial charge in [-0.05, 0) is 61.9 Å². The zero-order valence-electron chi connectivity index (χ0n) is 17.9. The van der Waals surface area contributed by atoms with Crippen molar-refractivity contribution in [3.8, 4) is 0 Å². The summed E-state index contributed by atoms with van der Waals surface area (Å²) in [5.41, 5.74) is 1.54. The Balaban J connectivity index is 1.66. The van der Waals surface area contributed by atoms with Gasteiger partial charge in [0.1, 0.15) is 4.90 Å². The molecule has 0 bridgehead atoms. The van der Waals surface area contributed by atoms with Gasteiger partial charge < -0.3 is 9.64 Å². The van der Waals surface area contributed by atoms with Crippen LogP contribution in [0.25, 0.3) is 0 Å². The van der Waals surface area contributed by atoms with Crippen molar-refractivity contribution in [3.05, 3.63) is 50.7 Å². The highest BCUT2D eigenvalue weighted by Crippen LogP contribution is 2.36. The maximum atomic E-state index is 13.4. The largest absolute Gasteiger partial charge is 0.373 e. The van der Waals surface area contributed by atoms with Crippen LogP contribution in [0.1, 0.15) is 54.0 Å². The molecule has 1 amide bonds. The van der Waals surface area contributed by atoms with Crippen LogP contribution in [0.4, 0.5) is 0 Å². The number of hydrogen-bond acceptors (Lipinski definition) is 5. The number of sulfonamides is 1. The number of fused-ring (bicyclic) bond motifs is 1. The van der Waals surface area contributed by atoms with Crippen LogP contribution in [-0.4, -0.2) is 55.4 Å². The minimum absolute atomic E-state index is 0.000761. The predicted octanol–water partition coefficient (Wildman–Crippen LogP) is 4.35. The Morgan fingerprint density at radius 1 is 1.23 bits per heavy atom. The molecule has 0 aliphatic carbocycles. The summed E-state index contributed by atoms with van der Waals surface area (Å²) in [4.78, 5) is 16.6. The molecule has 1 fully saturated rings. The first-order valence-electron chi connectivity index (χ1n) is 10.5. The molecule has 0 N–H and O–H groups in total. The standard InChI is InChI=1S/C22H27ClN2O4S2/c1-4-19-17-8-10-30-20(17)7-9-25(19)22(26)16-5-6-18(23)21(11-16)31(27,28)24-12-14(2)29-15(3)13-24/h5-6,8,10-11,14-15,19H,4,7,9,12-13H2,1-3H3/t14-,15+,19-/m0/s1. The maximum absolute atomic E-state index is 13.4. The van der Waals surface area contributed by atoms with E-state index in [1.807, 2.05) is 18.7 Å². The second-order valence-corrected chi connectivity index (χ2v) is 11.5.